The monoisotopic (exact) mass is 299 g/mol. The molecule has 0 aliphatic heterocycles. The van der Waals surface area contributed by atoms with Crippen molar-refractivity contribution in [3.05, 3.63) is 24.3 Å². The first-order chi connectivity index (χ1) is 6.21. The Kier molecular flexibility index (Phi) is 4.50. The fourth-order valence-electron chi connectivity index (χ4n) is 0.859. The minimum Gasteiger partial charge on any atom is -0.282 e. The van der Waals surface area contributed by atoms with E-state index >= 15 is 0 Å². The van der Waals surface area contributed by atoms with E-state index < -0.39 is 20.0 Å². The predicted octanol–water partition coefficient (Wildman–Crippen LogP) is 0.334. The minimum absolute atomic E-state index is 0. The summed E-state index contributed by atoms with van der Waals surface area (Å²) in [4.78, 5) is -0.324. The van der Waals surface area contributed by atoms with E-state index in [4.69, 9.17) is 4.55 Å². The first kappa shape index (κ1) is 14.6. The zero-order chi connectivity index (χ0) is 11.0. The van der Waals surface area contributed by atoms with Crippen LogP contribution in [0.5, 0.6) is 0 Å². The molecule has 1 radical (unpaired) electrons. The summed E-state index contributed by atoms with van der Waals surface area (Å²) in [6.45, 7) is 0. The van der Waals surface area contributed by atoms with Crippen LogP contribution in [0.25, 0.3) is 0 Å². The first-order valence-corrected chi connectivity index (χ1v) is 6.82. The van der Waals surface area contributed by atoms with Gasteiger partial charge >= 0.3 is 0 Å². The van der Waals surface area contributed by atoms with Gasteiger partial charge in [0.1, 0.15) is 0 Å². The van der Waals surface area contributed by atoms with Crippen molar-refractivity contribution >= 4 is 20.0 Å². The topological polar surface area (TPSA) is 88.5 Å². The standard InChI is InChI=1S/C7H8O5S2.Cu/c1-13(8,9)6-2-4-7(5-3-6)14(10,11)12;/h2-5H,1H3,(H,10,11,12);. The third-order valence-corrected chi connectivity index (χ3v) is 3.55. The molecular formula is C7H8CuO5S2. The van der Waals surface area contributed by atoms with Crippen molar-refractivity contribution in [1.29, 1.82) is 0 Å². The molecule has 0 heterocycles. The Hall–Kier alpha value is -0.401. The van der Waals surface area contributed by atoms with Gasteiger partial charge in [-0.2, -0.15) is 8.42 Å². The Morgan fingerprint density at radius 1 is 0.933 bits per heavy atom. The molecule has 0 spiro atoms. The van der Waals surface area contributed by atoms with Crippen molar-refractivity contribution in [3.63, 3.8) is 0 Å². The van der Waals surface area contributed by atoms with E-state index in [1.54, 1.807) is 0 Å². The van der Waals surface area contributed by atoms with Crippen LogP contribution in [0.15, 0.2) is 34.1 Å². The van der Waals surface area contributed by atoms with Crippen LogP contribution >= 0.6 is 0 Å². The maximum atomic E-state index is 11.0. The third kappa shape index (κ3) is 3.92. The Morgan fingerprint density at radius 3 is 1.53 bits per heavy atom. The molecule has 1 aromatic carbocycles. The van der Waals surface area contributed by atoms with Gasteiger partial charge in [0, 0.05) is 23.3 Å². The number of rotatable bonds is 2. The summed E-state index contributed by atoms with van der Waals surface area (Å²) in [5, 5.41) is 0. The van der Waals surface area contributed by atoms with Gasteiger partial charge in [0.2, 0.25) is 0 Å². The van der Waals surface area contributed by atoms with Crippen molar-refractivity contribution in [2.24, 2.45) is 0 Å². The quantitative estimate of drug-likeness (QED) is 0.628. The number of benzene rings is 1. The van der Waals surface area contributed by atoms with Gasteiger partial charge in [-0.1, -0.05) is 0 Å². The van der Waals surface area contributed by atoms with E-state index in [-0.39, 0.29) is 26.9 Å². The molecule has 1 aromatic rings. The average Bonchev–Trinajstić information content (AvgIpc) is 2.01. The van der Waals surface area contributed by atoms with E-state index in [1.807, 2.05) is 0 Å². The summed E-state index contributed by atoms with van der Waals surface area (Å²) in [7, 11) is -7.60. The van der Waals surface area contributed by atoms with Crippen molar-refractivity contribution in [3.8, 4) is 0 Å². The summed E-state index contributed by atoms with van der Waals surface area (Å²) in [5.41, 5.74) is 0. The molecule has 1 rings (SSSR count). The summed E-state index contributed by atoms with van der Waals surface area (Å²) < 4.78 is 51.8. The Labute approximate surface area is 98.6 Å². The molecule has 15 heavy (non-hydrogen) atoms. The molecule has 89 valence electrons. The smallest absolute Gasteiger partial charge is 0.282 e. The maximum Gasteiger partial charge on any atom is 0.294 e. The second-order valence-corrected chi connectivity index (χ2v) is 6.16. The fourth-order valence-corrected chi connectivity index (χ4v) is 1.97. The van der Waals surface area contributed by atoms with Crippen molar-refractivity contribution in [1.82, 2.24) is 0 Å². The third-order valence-electron chi connectivity index (χ3n) is 1.55. The second kappa shape index (κ2) is 4.63. The molecule has 1 N–H and O–H groups in total. The van der Waals surface area contributed by atoms with Crippen molar-refractivity contribution in [2.45, 2.75) is 9.79 Å². The zero-order valence-corrected chi connectivity index (χ0v) is 10.1. The molecule has 0 aromatic heterocycles. The molecule has 0 saturated carbocycles. The molecule has 0 unspecified atom stereocenters. The predicted molar refractivity (Wildman–Crippen MR) is 49.4 cm³/mol. The molecule has 0 atom stereocenters. The van der Waals surface area contributed by atoms with Crippen LogP contribution in [0.2, 0.25) is 0 Å². The summed E-state index contributed by atoms with van der Waals surface area (Å²) >= 11 is 0. The van der Waals surface area contributed by atoms with E-state index in [2.05, 4.69) is 0 Å². The molecule has 0 aliphatic carbocycles. The second-order valence-electron chi connectivity index (χ2n) is 2.72. The summed E-state index contributed by atoms with van der Waals surface area (Å²) in [5.74, 6) is 0. The number of hydrogen-bond acceptors (Lipinski definition) is 4. The molecule has 5 nitrogen and oxygen atoms in total. The van der Waals surface area contributed by atoms with Gasteiger partial charge in [0.25, 0.3) is 10.1 Å². The minimum atomic E-state index is -4.26. The van der Waals surface area contributed by atoms with E-state index in [0.717, 1.165) is 30.5 Å². The van der Waals surface area contributed by atoms with Crippen LogP contribution in [0.3, 0.4) is 0 Å². The van der Waals surface area contributed by atoms with Gasteiger partial charge in [-0.05, 0) is 24.3 Å². The molecule has 0 aliphatic rings. The van der Waals surface area contributed by atoms with Crippen LogP contribution in [0, 0.1) is 0 Å². The summed E-state index contributed by atoms with van der Waals surface area (Å²) in [6.07, 6.45) is 1.01. The van der Waals surface area contributed by atoms with Gasteiger partial charge in [0.15, 0.2) is 9.84 Å². The number of hydrogen-bond donors (Lipinski definition) is 1. The first-order valence-electron chi connectivity index (χ1n) is 3.49. The largest absolute Gasteiger partial charge is 0.294 e. The van der Waals surface area contributed by atoms with Crippen LogP contribution in [0.4, 0.5) is 0 Å². The van der Waals surface area contributed by atoms with Gasteiger partial charge < -0.3 is 0 Å². The van der Waals surface area contributed by atoms with Crippen LogP contribution in [-0.2, 0) is 37.0 Å². The Morgan fingerprint density at radius 2 is 1.27 bits per heavy atom. The van der Waals surface area contributed by atoms with Crippen LogP contribution in [0.1, 0.15) is 0 Å². The maximum absolute atomic E-state index is 11.0. The fraction of sp³-hybridized carbons (Fsp3) is 0.143. The molecule has 0 saturated heterocycles. The molecule has 8 heteroatoms. The molecular weight excluding hydrogens is 292 g/mol. The van der Waals surface area contributed by atoms with E-state index in [0.29, 0.717) is 0 Å². The van der Waals surface area contributed by atoms with E-state index in [1.165, 1.54) is 0 Å². The Bertz CT molecular complexity index is 478. The van der Waals surface area contributed by atoms with Gasteiger partial charge in [0.05, 0.1) is 9.79 Å². The van der Waals surface area contributed by atoms with Crippen LogP contribution < -0.4 is 0 Å². The van der Waals surface area contributed by atoms with Crippen LogP contribution in [-0.4, -0.2) is 27.6 Å². The number of sulfone groups is 1. The van der Waals surface area contributed by atoms with E-state index in [9.17, 15) is 16.8 Å². The zero-order valence-electron chi connectivity index (χ0n) is 7.51. The molecule has 0 bridgehead atoms. The average molecular weight is 300 g/mol. The SMILES string of the molecule is CS(=O)(=O)c1ccc(S(=O)(=O)O)cc1.[Cu]. The normalized spacial score (nSPS) is 11.9. The van der Waals surface area contributed by atoms with Crippen molar-refractivity contribution < 1.29 is 38.5 Å². The molecule has 0 amide bonds. The van der Waals surface area contributed by atoms with Gasteiger partial charge in [-0.25, -0.2) is 8.42 Å². The summed E-state index contributed by atoms with van der Waals surface area (Å²) in [6, 6.07) is 4.31. The van der Waals surface area contributed by atoms with Crippen molar-refractivity contribution in [2.75, 3.05) is 6.26 Å². The Balaban J connectivity index is 0.00000196. The van der Waals surface area contributed by atoms with Gasteiger partial charge in [-0.3, -0.25) is 4.55 Å². The van der Waals surface area contributed by atoms with Gasteiger partial charge in [-0.15, -0.1) is 0 Å². The molecule has 0 fully saturated rings.